The molecule has 15 heteroatoms. The Morgan fingerprint density at radius 3 is 1.65 bits per heavy atom. The number of aliphatic carboxylic acids is 2. The van der Waals surface area contributed by atoms with Gasteiger partial charge in [-0.1, -0.05) is 86.8 Å². The topological polar surface area (TPSA) is 255 Å². The third-order valence-corrected chi connectivity index (χ3v) is 9.06. The summed E-state index contributed by atoms with van der Waals surface area (Å²) in [5.41, 5.74) is 13.1. The summed E-state index contributed by atoms with van der Waals surface area (Å²) < 4.78 is 0. The Kier molecular flexibility index (Phi) is 22.6. The Balaban J connectivity index is 2.27. The first-order valence-corrected chi connectivity index (χ1v) is 19.3. The minimum Gasteiger partial charge on any atom is -0.481 e. The van der Waals surface area contributed by atoms with Crippen molar-refractivity contribution in [3.05, 3.63) is 71.8 Å². The van der Waals surface area contributed by atoms with Gasteiger partial charge < -0.3 is 48.3 Å². The molecule has 2 aromatic carbocycles. The van der Waals surface area contributed by atoms with Crippen molar-refractivity contribution in [3.8, 4) is 0 Å². The molecule has 0 spiro atoms. The highest BCUT2D eigenvalue weighted by atomic mass is 16.4. The van der Waals surface area contributed by atoms with Crippen LogP contribution in [0, 0.1) is 0 Å². The largest absolute Gasteiger partial charge is 0.481 e. The van der Waals surface area contributed by atoms with E-state index in [1.165, 1.54) is 0 Å². The number of benzene rings is 2. The molecule has 2 aromatic rings. The molecule has 0 unspecified atom stereocenters. The molecule has 304 valence electrons. The van der Waals surface area contributed by atoms with Crippen LogP contribution in [-0.4, -0.2) is 95.6 Å². The van der Waals surface area contributed by atoms with E-state index in [0.717, 1.165) is 37.8 Å². The lowest BCUT2D eigenvalue weighted by Gasteiger charge is -2.26. The fourth-order valence-corrected chi connectivity index (χ4v) is 5.92. The lowest BCUT2D eigenvalue weighted by molar-refractivity contribution is -0.142. The Hall–Kier alpha value is -4.86. The number of carbonyl (C=O) groups is 6. The second-order valence-electron chi connectivity index (χ2n) is 13.8. The van der Waals surface area contributed by atoms with Crippen LogP contribution in [0.4, 0.5) is 0 Å². The zero-order valence-corrected chi connectivity index (χ0v) is 32.0. The molecule has 4 amide bonds. The highest BCUT2D eigenvalue weighted by molar-refractivity contribution is 5.96. The van der Waals surface area contributed by atoms with Gasteiger partial charge in [0.05, 0.1) is 12.5 Å². The molecule has 0 saturated heterocycles. The van der Waals surface area contributed by atoms with E-state index in [1.807, 2.05) is 6.07 Å². The van der Waals surface area contributed by atoms with Crippen LogP contribution in [0.5, 0.6) is 0 Å². The summed E-state index contributed by atoms with van der Waals surface area (Å²) in [5, 5.41) is 33.1. The lowest BCUT2D eigenvalue weighted by Crippen LogP contribution is -2.59. The van der Waals surface area contributed by atoms with E-state index in [0.29, 0.717) is 44.3 Å². The van der Waals surface area contributed by atoms with E-state index < -0.39 is 72.2 Å². The van der Waals surface area contributed by atoms with E-state index in [9.17, 15) is 39.0 Å². The second-order valence-corrected chi connectivity index (χ2v) is 13.8. The molecule has 0 aliphatic heterocycles. The van der Waals surface area contributed by atoms with Crippen LogP contribution >= 0.6 is 0 Å². The van der Waals surface area contributed by atoms with Crippen molar-refractivity contribution in [1.29, 1.82) is 0 Å². The Morgan fingerprint density at radius 1 is 0.582 bits per heavy atom. The van der Waals surface area contributed by atoms with Crippen molar-refractivity contribution in [1.82, 2.24) is 26.6 Å². The molecule has 0 aliphatic carbocycles. The van der Waals surface area contributed by atoms with Gasteiger partial charge >= 0.3 is 11.9 Å². The molecule has 15 nitrogen and oxygen atoms in total. The molecule has 0 aliphatic rings. The molecular weight excluding hydrogens is 706 g/mol. The number of unbranched alkanes of at least 4 members (excludes halogenated alkanes) is 5. The Bertz CT molecular complexity index is 1460. The number of carboxylic acid groups (broad SMARTS) is 2. The van der Waals surface area contributed by atoms with Gasteiger partial charge in [-0.05, 0) is 82.1 Å². The van der Waals surface area contributed by atoms with Gasteiger partial charge in [-0.3, -0.25) is 24.0 Å². The predicted molar refractivity (Wildman–Crippen MR) is 210 cm³/mol. The van der Waals surface area contributed by atoms with Gasteiger partial charge in [-0.15, -0.1) is 0 Å². The molecule has 0 aromatic heterocycles. The summed E-state index contributed by atoms with van der Waals surface area (Å²) in [6.45, 7) is 4.03. The molecule has 0 bridgehead atoms. The number of hydrogen-bond acceptors (Lipinski definition) is 9. The monoisotopic (exact) mass is 767 g/mol. The lowest BCUT2D eigenvalue weighted by atomic mass is 10.0. The van der Waals surface area contributed by atoms with Gasteiger partial charge in [0.1, 0.15) is 24.2 Å². The smallest absolute Gasteiger partial charge is 0.326 e. The van der Waals surface area contributed by atoms with E-state index in [1.54, 1.807) is 54.6 Å². The second kappa shape index (κ2) is 26.8. The summed E-state index contributed by atoms with van der Waals surface area (Å²) >= 11 is 0. The van der Waals surface area contributed by atoms with Crippen molar-refractivity contribution in [2.45, 2.75) is 121 Å². The first-order chi connectivity index (χ1) is 26.4. The molecule has 0 saturated carbocycles. The Morgan fingerprint density at radius 2 is 1.07 bits per heavy atom. The number of hydrogen-bond donors (Lipinski definition) is 9. The van der Waals surface area contributed by atoms with Gasteiger partial charge in [0.2, 0.25) is 23.6 Å². The highest BCUT2D eigenvalue weighted by Crippen LogP contribution is 2.10. The number of amides is 4. The molecule has 0 radical (unpaired) electrons. The van der Waals surface area contributed by atoms with Gasteiger partial charge in [0.15, 0.2) is 0 Å². The van der Waals surface area contributed by atoms with Crippen LogP contribution < -0.4 is 38.1 Å². The number of rotatable bonds is 29. The third kappa shape index (κ3) is 19.3. The zero-order chi connectivity index (χ0) is 40.4. The third-order valence-electron chi connectivity index (χ3n) is 9.06. The van der Waals surface area contributed by atoms with Crippen LogP contribution in [0.2, 0.25) is 0 Å². The molecule has 5 atom stereocenters. The van der Waals surface area contributed by atoms with Crippen molar-refractivity contribution >= 4 is 35.6 Å². The van der Waals surface area contributed by atoms with Crippen LogP contribution in [-0.2, 0) is 41.6 Å². The van der Waals surface area contributed by atoms with Crippen LogP contribution in [0.1, 0.15) is 88.7 Å². The van der Waals surface area contributed by atoms with Crippen LogP contribution in [0.3, 0.4) is 0 Å². The van der Waals surface area contributed by atoms with E-state index in [4.69, 9.17) is 11.5 Å². The van der Waals surface area contributed by atoms with E-state index >= 15 is 0 Å². The normalized spacial score (nSPS) is 13.7. The number of carbonyl (C=O) groups excluding carboxylic acids is 4. The summed E-state index contributed by atoms with van der Waals surface area (Å²) in [5.74, 6) is -5.69. The molecule has 0 heterocycles. The highest BCUT2D eigenvalue weighted by Gasteiger charge is 2.32. The fraction of sp³-hybridized carbons (Fsp3) is 0.550. The van der Waals surface area contributed by atoms with Crippen LogP contribution in [0.25, 0.3) is 0 Å². The number of carboxylic acids is 2. The van der Waals surface area contributed by atoms with Crippen molar-refractivity contribution in [2.24, 2.45) is 11.5 Å². The van der Waals surface area contributed by atoms with Crippen molar-refractivity contribution in [3.63, 3.8) is 0 Å². The maximum absolute atomic E-state index is 14.0. The predicted octanol–water partition coefficient (Wildman–Crippen LogP) is 1.77. The molecule has 55 heavy (non-hydrogen) atoms. The maximum atomic E-state index is 14.0. The molecule has 11 N–H and O–H groups in total. The summed E-state index contributed by atoms with van der Waals surface area (Å²) in [7, 11) is 0. The summed E-state index contributed by atoms with van der Waals surface area (Å²) in [6.07, 6.45) is 6.31. The van der Waals surface area contributed by atoms with E-state index in [2.05, 4.69) is 33.5 Å². The minimum absolute atomic E-state index is 0.0210. The standard InChI is InChI=1S/C40H61N7O8/c1-2-3-4-14-23-43-24-15-12-20-31(44-39(53)34(27-35(48)49)46-36(50)30(42)25-28-16-7-5-8-17-28)37(51)47-33(26-29-18-9-6-10-19-29)38(52)45-32(40(54)55)21-11-13-22-41/h5-10,16-19,30-34,43H,2-4,11-15,20-27,41-42H2,1H3,(H,44,53)(H,45,52)(H,46,50)(H,47,51)(H,48,49)(H,54,55)/t30-,31-,32-,33-,34-/m0/s1. The average molecular weight is 768 g/mol. The maximum Gasteiger partial charge on any atom is 0.326 e. The first-order valence-electron chi connectivity index (χ1n) is 19.3. The SMILES string of the molecule is CCCCCCNCCCC[C@H](NC(=O)[C@H](CC(=O)O)NC(=O)[C@@H](N)Cc1ccccc1)C(=O)N[C@@H](Cc1ccccc1)C(=O)N[C@@H](CCCCN)C(=O)O. The fourth-order valence-electron chi connectivity index (χ4n) is 5.92. The molecule has 0 fully saturated rings. The molecule has 2 rings (SSSR count). The zero-order valence-electron chi connectivity index (χ0n) is 32.0. The number of nitrogens with one attached hydrogen (secondary N) is 5. The average Bonchev–Trinajstić information content (AvgIpc) is 3.16. The van der Waals surface area contributed by atoms with Gasteiger partial charge in [-0.2, -0.15) is 0 Å². The van der Waals surface area contributed by atoms with Gasteiger partial charge in [-0.25, -0.2) is 4.79 Å². The summed E-state index contributed by atoms with van der Waals surface area (Å²) in [6, 6.07) is 11.5. The first kappa shape index (κ1) is 46.3. The van der Waals surface area contributed by atoms with Crippen molar-refractivity contribution < 1.29 is 39.0 Å². The van der Waals surface area contributed by atoms with Crippen molar-refractivity contribution in [2.75, 3.05) is 19.6 Å². The van der Waals surface area contributed by atoms with Crippen LogP contribution in [0.15, 0.2) is 60.7 Å². The van der Waals surface area contributed by atoms with Gasteiger partial charge in [0, 0.05) is 6.42 Å². The van der Waals surface area contributed by atoms with Gasteiger partial charge in [0.25, 0.3) is 0 Å². The minimum atomic E-state index is -1.56. The Labute approximate surface area is 324 Å². The number of nitrogens with two attached hydrogens (primary N) is 2. The molecular formula is C40H61N7O8. The van der Waals surface area contributed by atoms with E-state index in [-0.39, 0.29) is 25.7 Å². The summed E-state index contributed by atoms with van der Waals surface area (Å²) in [4.78, 5) is 78.1. The quantitative estimate of drug-likeness (QED) is 0.0539.